The Balaban J connectivity index is 2.38. The van der Waals surface area contributed by atoms with Crippen molar-refractivity contribution in [2.75, 3.05) is 0 Å². The van der Waals surface area contributed by atoms with Gasteiger partial charge in [0.25, 0.3) is 0 Å². The van der Waals surface area contributed by atoms with Crippen molar-refractivity contribution < 1.29 is 0 Å². The number of aromatic nitrogens is 2. The Morgan fingerprint density at radius 2 is 1.82 bits per heavy atom. The molecule has 0 saturated carbocycles. The molecule has 0 unspecified atom stereocenters. The standard InChI is InChI=1S/C13H13ClN2S/c1-9(2)17-12-8-11(14)15-13(16-12)10-6-4-3-5-7-10/h3-9H,1-2H3. The summed E-state index contributed by atoms with van der Waals surface area (Å²) in [4.78, 5) is 8.76. The topological polar surface area (TPSA) is 25.8 Å². The zero-order valence-corrected chi connectivity index (χ0v) is 11.3. The number of rotatable bonds is 3. The molecule has 0 atom stereocenters. The first-order valence-electron chi connectivity index (χ1n) is 5.42. The van der Waals surface area contributed by atoms with Crippen molar-refractivity contribution >= 4 is 23.4 Å². The minimum absolute atomic E-state index is 0.476. The summed E-state index contributed by atoms with van der Waals surface area (Å²) in [5.74, 6) is 0.682. The second-order valence-electron chi connectivity index (χ2n) is 3.89. The van der Waals surface area contributed by atoms with Crippen molar-refractivity contribution in [1.29, 1.82) is 0 Å². The van der Waals surface area contributed by atoms with E-state index in [1.807, 2.05) is 30.3 Å². The molecule has 1 aromatic heterocycles. The molecular formula is C13H13ClN2S. The van der Waals surface area contributed by atoms with Crippen molar-refractivity contribution in [2.24, 2.45) is 0 Å². The summed E-state index contributed by atoms with van der Waals surface area (Å²) in [7, 11) is 0. The molecule has 2 aromatic rings. The van der Waals surface area contributed by atoms with Gasteiger partial charge in [-0.05, 0) is 0 Å². The molecule has 0 N–H and O–H groups in total. The Morgan fingerprint density at radius 3 is 2.47 bits per heavy atom. The van der Waals surface area contributed by atoms with E-state index in [0.717, 1.165) is 10.6 Å². The molecule has 1 heterocycles. The highest BCUT2D eigenvalue weighted by atomic mass is 35.5. The minimum Gasteiger partial charge on any atom is -0.222 e. The number of thioether (sulfide) groups is 1. The lowest BCUT2D eigenvalue weighted by Gasteiger charge is -2.06. The van der Waals surface area contributed by atoms with Gasteiger partial charge in [0.05, 0.1) is 0 Å². The van der Waals surface area contributed by atoms with Crippen molar-refractivity contribution in [3.05, 3.63) is 41.6 Å². The van der Waals surface area contributed by atoms with Crippen molar-refractivity contribution in [3.8, 4) is 11.4 Å². The van der Waals surface area contributed by atoms with Crippen LogP contribution in [0.25, 0.3) is 11.4 Å². The van der Waals surface area contributed by atoms with E-state index < -0.39 is 0 Å². The van der Waals surface area contributed by atoms with Crippen LogP contribution in [0.4, 0.5) is 0 Å². The molecule has 0 bridgehead atoms. The van der Waals surface area contributed by atoms with Gasteiger partial charge in [-0.1, -0.05) is 55.8 Å². The van der Waals surface area contributed by atoms with Crippen molar-refractivity contribution in [1.82, 2.24) is 9.97 Å². The second kappa shape index (κ2) is 5.52. The van der Waals surface area contributed by atoms with Gasteiger partial charge in [-0.3, -0.25) is 0 Å². The number of nitrogens with zero attached hydrogens (tertiary/aromatic N) is 2. The summed E-state index contributed by atoms with van der Waals surface area (Å²) in [6, 6.07) is 11.7. The fraction of sp³-hybridized carbons (Fsp3) is 0.231. The molecule has 17 heavy (non-hydrogen) atoms. The third-order valence-corrected chi connectivity index (χ3v) is 3.18. The molecule has 0 aliphatic carbocycles. The van der Waals surface area contributed by atoms with Crippen LogP contribution in [-0.2, 0) is 0 Å². The normalized spacial score (nSPS) is 10.8. The Hall–Kier alpha value is -1.06. The Bertz CT molecular complexity index is 500. The van der Waals surface area contributed by atoms with Gasteiger partial charge < -0.3 is 0 Å². The average Bonchev–Trinajstić information content (AvgIpc) is 2.28. The van der Waals surface area contributed by atoms with Crippen LogP contribution in [0.2, 0.25) is 5.15 Å². The molecule has 88 valence electrons. The minimum atomic E-state index is 0.476. The Kier molecular flexibility index (Phi) is 4.02. The summed E-state index contributed by atoms with van der Waals surface area (Å²) >= 11 is 7.70. The van der Waals surface area contributed by atoms with E-state index in [9.17, 15) is 0 Å². The van der Waals surface area contributed by atoms with E-state index in [2.05, 4.69) is 23.8 Å². The van der Waals surface area contributed by atoms with Crippen molar-refractivity contribution in [3.63, 3.8) is 0 Å². The lowest BCUT2D eigenvalue weighted by molar-refractivity contribution is 1.03. The summed E-state index contributed by atoms with van der Waals surface area (Å²) < 4.78 is 0. The predicted molar refractivity (Wildman–Crippen MR) is 73.5 cm³/mol. The van der Waals surface area contributed by atoms with E-state index in [1.54, 1.807) is 17.8 Å². The molecule has 1 aromatic carbocycles. The largest absolute Gasteiger partial charge is 0.222 e. The molecule has 0 spiro atoms. The highest BCUT2D eigenvalue weighted by Crippen LogP contribution is 2.25. The molecule has 0 aliphatic heterocycles. The first-order chi connectivity index (χ1) is 8.15. The highest BCUT2D eigenvalue weighted by molar-refractivity contribution is 7.99. The van der Waals surface area contributed by atoms with Crippen LogP contribution in [0.1, 0.15) is 13.8 Å². The predicted octanol–water partition coefficient (Wildman–Crippen LogP) is 4.30. The maximum atomic E-state index is 6.02. The number of hydrogen-bond donors (Lipinski definition) is 0. The van der Waals surface area contributed by atoms with Crippen LogP contribution < -0.4 is 0 Å². The van der Waals surface area contributed by atoms with Gasteiger partial charge in [0, 0.05) is 16.9 Å². The van der Waals surface area contributed by atoms with Crippen LogP contribution in [0.5, 0.6) is 0 Å². The van der Waals surface area contributed by atoms with E-state index in [-0.39, 0.29) is 0 Å². The van der Waals surface area contributed by atoms with E-state index in [0.29, 0.717) is 16.2 Å². The van der Waals surface area contributed by atoms with Gasteiger partial charge in [-0.25, -0.2) is 9.97 Å². The lowest BCUT2D eigenvalue weighted by Crippen LogP contribution is -1.94. The molecular weight excluding hydrogens is 252 g/mol. The van der Waals surface area contributed by atoms with Crippen LogP contribution in [0.3, 0.4) is 0 Å². The fourth-order valence-electron chi connectivity index (χ4n) is 1.42. The zero-order chi connectivity index (χ0) is 12.3. The first kappa shape index (κ1) is 12.4. The number of hydrogen-bond acceptors (Lipinski definition) is 3. The van der Waals surface area contributed by atoms with E-state index >= 15 is 0 Å². The smallest absolute Gasteiger partial charge is 0.162 e. The van der Waals surface area contributed by atoms with Crippen LogP contribution in [0, 0.1) is 0 Å². The molecule has 0 fully saturated rings. The molecule has 0 radical (unpaired) electrons. The molecule has 0 saturated heterocycles. The number of benzene rings is 1. The SMILES string of the molecule is CC(C)Sc1cc(Cl)nc(-c2ccccc2)n1. The van der Waals surface area contributed by atoms with Crippen molar-refractivity contribution in [2.45, 2.75) is 24.1 Å². The highest BCUT2D eigenvalue weighted by Gasteiger charge is 2.07. The Morgan fingerprint density at radius 1 is 1.12 bits per heavy atom. The third-order valence-electron chi connectivity index (χ3n) is 2.06. The number of halogens is 1. The molecule has 4 heteroatoms. The van der Waals surface area contributed by atoms with Gasteiger partial charge in [0.15, 0.2) is 5.82 Å². The molecule has 2 nitrogen and oxygen atoms in total. The summed E-state index contributed by atoms with van der Waals surface area (Å²) in [6.45, 7) is 4.26. The summed E-state index contributed by atoms with van der Waals surface area (Å²) in [5, 5.41) is 1.88. The quantitative estimate of drug-likeness (QED) is 0.611. The van der Waals surface area contributed by atoms with E-state index in [4.69, 9.17) is 11.6 Å². The maximum absolute atomic E-state index is 6.02. The molecule has 0 amide bonds. The van der Waals surface area contributed by atoms with Crippen LogP contribution >= 0.6 is 23.4 Å². The second-order valence-corrected chi connectivity index (χ2v) is 5.87. The Labute approximate surface area is 110 Å². The summed E-state index contributed by atoms with van der Waals surface area (Å²) in [5.41, 5.74) is 0.987. The third kappa shape index (κ3) is 3.45. The monoisotopic (exact) mass is 264 g/mol. The van der Waals surface area contributed by atoms with Gasteiger partial charge in [-0.15, -0.1) is 11.8 Å². The van der Waals surface area contributed by atoms with Gasteiger partial charge in [0.2, 0.25) is 0 Å². The summed E-state index contributed by atoms with van der Waals surface area (Å²) in [6.07, 6.45) is 0. The van der Waals surface area contributed by atoms with Crippen LogP contribution in [-0.4, -0.2) is 15.2 Å². The average molecular weight is 265 g/mol. The van der Waals surface area contributed by atoms with Gasteiger partial charge >= 0.3 is 0 Å². The van der Waals surface area contributed by atoms with Gasteiger partial charge in [-0.2, -0.15) is 0 Å². The first-order valence-corrected chi connectivity index (χ1v) is 6.67. The van der Waals surface area contributed by atoms with Crippen LogP contribution in [0.15, 0.2) is 41.4 Å². The maximum Gasteiger partial charge on any atom is 0.162 e. The lowest BCUT2D eigenvalue weighted by atomic mass is 10.2. The molecule has 2 rings (SSSR count). The van der Waals surface area contributed by atoms with Gasteiger partial charge in [0.1, 0.15) is 10.2 Å². The molecule has 0 aliphatic rings. The fourth-order valence-corrected chi connectivity index (χ4v) is 2.47. The van der Waals surface area contributed by atoms with E-state index in [1.165, 1.54) is 0 Å². The zero-order valence-electron chi connectivity index (χ0n) is 9.72.